The van der Waals surface area contributed by atoms with Crippen molar-refractivity contribution in [2.24, 2.45) is 0 Å². The van der Waals surface area contributed by atoms with E-state index >= 15 is 0 Å². The Labute approximate surface area is 201 Å². The third-order valence-electron chi connectivity index (χ3n) is 5.16. The van der Waals surface area contributed by atoms with Crippen LogP contribution < -0.4 is 15.2 Å². The zero-order valence-corrected chi connectivity index (χ0v) is 19.9. The van der Waals surface area contributed by atoms with Crippen LogP contribution in [0.4, 0.5) is 19.1 Å². The lowest BCUT2D eigenvalue weighted by Gasteiger charge is -2.34. The van der Waals surface area contributed by atoms with E-state index in [9.17, 15) is 22.8 Å². The van der Waals surface area contributed by atoms with Crippen LogP contribution in [-0.2, 0) is 15.7 Å². The number of nitrogens with zero attached hydrogens (tertiary/aromatic N) is 5. The van der Waals surface area contributed by atoms with Gasteiger partial charge in [0.2, 0.25) is 11.9 Å². The van der Waals surface area contributed by atoms with Crippen molar-refractivity contribution in [3.8, 4) is 5.75 Å². The second kappa shape index (κ2) is 11.6. The van der Waals surface area contributed by atoms with E-state index < -0.39 is 17.3 Å². The zero-order chi connectivity index (χ0) is 24.7. The van der Waals surface area contributed by atoms with Crippen LogP contribution in [0.15, 0.2) is 27.9 Å². The molecule has 1 amide bonds. The second-order valence-electron chi connectivity index (χ2n) is 7.49. The Kier molecular flexibility index (Phi) is 8.83. The lowest BCUT2D eigenvalue weighted by Crippen LogP contribution is -2.49. The predicted molar refractivity (Wildman–Crippen MR) is 119 cm³/mol. The van der Waals surface area contributed by atoms with Gasteiger partial charge in [0.15, 0.2) is 5.75 Å². The third-order valence-corrected chi connectivity index (χ3v) is 5.91. The number of carbonyl (C=O) groups is 1. The van der Waals surface area contributed by atoms with E-state index in [4.69, 9.17) is 9.47 Å². The monoisotopic (exact) mass is 548 g/mol. The van der Waals surface area contributed by atoms with Gasteiger partial charge in [-0.25, -0.2) is 15.1 Å². The first-order chi connectivity index (χ1) is 16.2. The first kappa shape index (κ1) is 25.9. The first-order valence-electron chi connectivity index (χ1n) is 10.6. The minimum Gasteiger partial charge on any atom is -0.485 e. The number of carbonyl (C=O) groups excluding carboxylic acids is 1. The number of rotatable bonds is 9. The molecule has 14 heteroatoms. The number of piperazine rings is 1. The Morgan fingerprint density at radius 3 is 2.50 bits per heavy atom. The third kappa shape index (κ3) is 6.88. The second-order valence-corrected chi connectivity index (χ2v) is 8.28. The van der Waals surface area contributed by atoms with Crippen LogP contribution in [0, 0.1) is 0 Å². The molecule has 0 bridgehead atoms. The number of alkyl halides is 3. The van der Waals surface area contributed by atoms with Gasteiger partial charge in [0, 0.05) is 38.6 Å². The quantitative estimate of drug-likeness (QED) is 0.474. The van der Waals surface area contributed by atoms with Gasteiger partial charge in [-0.3, -0.25) is 9.59 Å². The number of H-pyrrole nitrogens is 1. The maximum Gasteiger partial charge on any atom is 0.419 e. The van der Waals surface area contributed by atoms with Gasteiger partial charge in [-0.15, -0.1) is 0 Å². The fourth-order valence-corrected chi connectivity index (χ4v) is 3.47. The number of aromatic nitrogens is 4. The molecule has 1 fully saturated rings. The van der Waals surface area contributed by atoms with Crippen molar-refractivity contribution in [3.05, 3.63) is 39.0 Å². The number of ether oxygens (including phenoxy) is 2. The van der Waals surface area contributed by atoms with Crippen LogP contribution in [0.5, 0.6) is 5.75 Å². The molecule has 0 spiro atoms. The maximum absolute atomic E-state index is 12.7. The molecule has 3 rings (SSSR count). The summed E-state index contributed by atoms with van der Waals surface area (Å²) in [6, 6.07) is 0. The van der Waals surface area contributed by atoms with Gasteiger partial charge < -0.3 is 19.3 Å². The highest BCUT2D eigenvalue weighted by Crippen LogP contribution is 2.28. The summed E-state index contributed by atoms with van der Waals surface area (Å²) in [4.78, 5) is 35.1. The fourth-order valence-electron chi connectivity index (χ4n) is 3.18. The lowest BCUT2D eigenvalue weighted by atomic mass is 10.2. The van der Waals surface area contributed by atoms with E-state index in [1.54, 1.807) is 9.80 Å². The molecule has 34 heavy (non-hydrogen) atoms. The molecule has 1 saturated heterocycles. The molecule has 2 aromatic heterocycles. The van der Waals surface area contributed by atoms with Crippen molar-refractivity contribution in [2.75, 3.05) is 44.3 Å². The molecule has 1 N–H and O–H groups in total. The summed E-state index contributed by atoms with van der Waals surface area (Å²) < 4.78 is 49.6. The maximum atomic E-state index is 12.7. The lowest BCUT2D eigenvalue weighted by molar-refractivity contribution is -0.138. The van der Waals surface area contributed by atoms with E-state index in [0.717, 1.165) is 12.4 Å². The number of anilines is 1. The Morgan fingerprint density at radius 2 is 1.88 bits per heavy atom. The average Bonchev–Trinajstić information content (AvgIpc) is 2.83. The van der Waals surface area contributed by atoms with Crippen molar-refractivity contribution in [3.63, 3.8) is 0 Å². The van der Waals surface area contributed by atoms with Crippen LogP contribution in [0.3, 0.4) is 0 Å². The molecule has 1 atom stereocenters. The summed E-state index contributed by atoms with van der Waals surface area (Å²) in [6.45, 7) is 4.01. The summed E-state index contributed by atoms with van der Waals surface area (Å²) in [5, 5.41) is 5.99. The normalized spacial score (nSPS) is 15.3. The topological polar surface area (TPSA) is 114 Å². The van der Waals surface area contributed by atoms with Crippen LogP contribution in [0.1, 0.15) is 25.3 Å². The zero-order valence-electron chi connectivity index (χ0n) is 18.3. The molecule has 3 heterocycles. The molecule has 2 aromatic rings. The van der Waals surface area contributed by atoms with Crippen LogP contribution in [0.2, 0.25) is 0 Å². The Bertz CT molecular complexity index is 1010. The Morgan fingerprint density at radius 1 is 1.21 bits per heavy atom. The van der Waals surface area contributed by atoms with Crippen molar-refractivity contribution in [1.29, 1.82) is 0 Å². The van der Waals surface area contributed by atoms with Crippen molar-refractivity contribution in [2.45, 2.75) is 32.0 Å². The smallest absolute Gasteiger partial charge is 0.419 e. The van der Waals surface area contributed by atoms with Gasteiger partial charge in [-0.05, 0) is 22.4 Å². The van der Waals surface area contributed by atoms with Crippen LogP contribution in [-0.4, -0.2) is 76.5 Å². The summed E-state index contributed by atoms with van der Waals surface area (Å²) in [5.41, 5.74) is -1.30. The van der Waals surface area contributed by atoms with E-state index in [1.165, 1.54) is 6.20 Å². The summed E-state index contributed by atoms with van der Waals surface area (Å²) >= 11 is 3.16. The Hall–Kier alpha value is -2.74. The van der Waals surface area contributed by atoms with Gasteiger partial charge in [0.25, 0.3) is 5.56 Å². The molecule has 1 aliphatic rings. The number of aromatic amines is 1. The van der Waals surface area contributed by atoms with Gasteiger partial charge >= 0.3 is 6.18 Å². The van der Waals surface area contributed by atoms with Gasteiger partial charge in [-0.2, -0.15) is 18.3 Å². The van der Waals surface area contributed by atoms with Crippen LogP contribution >= 0.6 is 15.9 Å². The SMILES string of the molecule is CCC(COCCC(=O)N1CCN(c2ncc(C(F)(F)F)cn2)CC1)Oc1cn[nH]c(=O)c1Br. The highest BCUT2D eigenvalue weighted by atomic mass is 79.9. The standard InChI is InChI=1S/C20H24BrF3N6O4/c1-2-14(34-15-11-27-28-18(32)17(15)21)12-33-8-3-16(31)29-4-6-30(7-5-29)19-25-9-13(10-26-19)20(22,23)24/h9-11,14H,2-8,12H2,1H3,(H,28,32). The summed E-state index contributed by atoms with van der Waals surface area (Å²) in [6.07, 6.45) is -1.07. The molecular formula is C20H24BrF3N6O4. The van der Waals surface area contributed by atoms with E-state index in [0.29, 0.717) is 38.3 Å². The van der Waals surface area contributed by atoms with Crippen molar-refractivity contribution >= 4 is 27.8 Å². The first-order valence-corrected chi connectivity index (χ1v) is 11.4. The number of nitrogens with one attached hydrogen (secondary N) is 1. The van der Waals surface area contributed by atoms with Crippen molar-refractivity contribution in [1.82, 2.24) is 25.1 Å². The summed E-state index contributed by atoms with van der Waals surface area (Å²) in [5.74, 6) is 0.435. The number of hydrogen-bond donors (Lipinski definition) is 1. The highest BCUT2D eigenvalue weighted by Gasteiger charge is 2.32. The molecule has 0 aromatic carbocycles. The number of hydrogen-bond acceptors (Lipinski definition) is 8. The predicted octanol–water partition coefficient (Wildman–Crippen LogP) is 2.25. The van der Waals surface area contributed by atoms with E-state index in [1.807, 2.05) is 6.92 Å². The molecule has 0 saturated carbocycles. The van der Waals surface area contributed by atoms with Gasteiger partial charge in [0.05, 0.1) is 31.4 Å². The van der Waals surface area contributed by atoms with Gasteiger partial charge in [0.1, 0.15) is 10.6 Å². The summed E-state index contributed by atoms with van der Waals surface area (Å²) in [7, 11) is 0. The minimum atomic E-state index is -4.48. The molecule has 10 nitrogen and oxygen atoms in total. The number of amides is 1. The fraction of sp³-hybridized carbons (Fsp3) is 0.550. The molecule has 0 radical (unpaired) electrons. The van der Waals surface area contributed by atoms with Crippen molar-refractivity contribution < 1.29 is 27.4 Å². The molecular weight excluding hydrogens is 525 g/mol. The largest absolute Gasteiger partial charge is 0.485 e. The molecule has 0 aliphatic carbocycles. The molecule has 1 unspecified atom stereocenters. The highest BCUT2D eigenvalue weighted by molar-refractivity contribution is 9.10. The van der Waals surface area contributed by atoms with Gasteiger partial charge in [-0.1, -0.05) is 6.92 Å². The Balaban J connectivity index is 1.39. The molecule has 1 aliphatic heterocycles. The van der Waals surface area contributed by atoms with E-state index in [2.05, 4.69) is 36.1 Å². The van der Waals surface area contributed by atoms with E-state index in [-0.39, 0.29) is 42.1 Å². The minimum absolute atomic E-state index is 0.0801. The van der Waals surface area contributed by atoms with Crippen LogP contribution in [0.25, 0.3) is 0 Å². The number of halogens is 4. The molecule has 186 valence electrons. The average molecular weight is 549 g/mol.